The minimum absolute atomic E-state index is 0.762. The molecule has 25 heavy (non-hydrogen) atoms. The highest BCUT2D eigenvalue weighted by molar-refractivity contribution is 5.85. The van der Waals surface area contributed by atoms with E-state index in [1.807, 2.05) is 6.34 Å². The molecule has 0 aliphatic rings. The van der Waals surface area contributed by atoms with Crippen LogP contribution in [-0.4, -0.2) is 12.9 Å². The minimum atomic E-state index is 0.762. The molecule has 0 fully saturated rings. The molecule has 0 amide bonds. The smallest absolute Gasteiger partial charge is 0.0960 e. The number of benzene rings is 2. The minimum Gasteiger partial charge on any atom is -0.328 e. The first-order valence-electron chi connectivity index (χ1n) is 8.80. The van der Waals surface area contributed by atoms with E-state index in [0.717, 1.165) is 17.8 Å². The summed E-state index contributed by atoms with van der Waals surface area (Å²) in [5, 5.41) is 0. The Morgan fingerprint density at radius 3 is 1.76 bits per heavy atom. The van der Waals surface area contributed by atoms with Crippen molar-refractivity contribution < 1.29 is 0 Å². The Morgan fingerprint density at radius 1 is 0.880 bits per heavy atom. The molecule has 0 radical (unpaired) electrons. The van der Waals surface area contributed by atoms with Gasteiger partial charge in [-0.15, -0.1) is 0 Å². The third-order valence-electron chi connectivity index (χ3n) is 4.32. The topological polar surface area (TPSA) is 15.6 Å². The van der Waals surface area contributed by atoms with Crippen LogP contribution in [0, 0.1) is 41.5 Å². The standard InChI is InChI=1S/C23H30N2/c1-15(2)13-25(23-20(7)11-17(4)12-21(23)8)14-24-22-18(5)9-16(3)10-19(22)6/h9-12,14H,1,13H2,2-8H3. The summed E-state index contributed by atoms with van der Waals surface area (Å²) in [4.78, 5) is 7.05. The Labute approximate surface area is 152 Å². The average Bonchev–Trinajstić information content (AvgIpc) is 2.43. The van der Waals surface area contributed by atoms with Crippen molar-refractivity contribution >= 4 is 17.7 Å². The fourth-order valence-corrected chi connectivity index (χ4v) is 3.60. The summed E-state index contributed by atoms with van der Waals surface area (Å²) in [6, 6.07) is 8.82. The van der Waals surface area contributed by atoms with Gasteiger partial charge < -0.3 is 4.90 Å². The molecule has 2 aromatic rings. The van der Waals surface area contributed by atoms with E-state index in [2.05, 4.69) is 84.2 Å². The second-order valence-electron chi connectivity index (χ2n) is 7.32. The van der Waals surface area contributed by atoms with E-state index in [0.29, 0.717) is 0 Å². The van der Waals surface area contributed by atoms with Gasteiger partial charge in [-0.3, -0.25) is 0 Å². The molecule has 0 aromatic heterocycles. The van der Waals surface area contributed by atoms with Crippen molar-refractivity contribution in [2.24, 2.45) is 4.99 Å². The van der Waals surface area contributed by atoms with E-state index < -0.39 is 0 Å². The zero-order valence-electron chi connectivity index (χ0n) is 16.7. The molecule has 0 saturated carbocycles. The lowest BCUT2D eigenvalue weighted by Crippen LogP contribution is -2.25. The van der Waals surface area contributed by atoms with Crippen LogP contribution in [0.1, 0.15) is 40.3 Å². The maximum absolute atomic E-state index is 4.84. The zero-order valence-corrected chi connectivity index (χ0v) is 16.7. The number of nitrogens with zero attached hydrogens (tertiary/aromatic N) is 2. The Kier molecular flexibility index (Phi) is 5.84. The lowest BCUT2D eigenvalue weighted by atomic mass is 10.0. The molecule has 0 saturated heterocycles. The van der Waals surface area contributed by atoms with E-state index in [-0.39, 0.29) is 0 Å². The Balaban J connectivity index is 2.49. The molecule has 2 aromatic carbocycles. The number of hydrogen-bond acceptors (Lipinski definition) is 1. The van der Waals surface area contributed by atoms with Gasteiger partial charge in [-0.05, 0) is 70.7 Å². The van der Waals surface area contributed by atoms with Gasteiger partial charge in [-0.2, -0.15) is 0 Å². The van der Waals surface area contributed by atoms with Gasteiger partial charge in [0.25, 0.3) is 0 Å². The molecule has 0 aliphatic carbocycles. The SMILES string of the molecule is C=C(C)CN(C=Nc1c(C)cc(C)cc1C)c1c(C)cc(C)cc1C. The van der Waals surface area contributed by atoms with Crippen LogP contribution in [0.5, 0.6) is 0 Å². The van der Waals surface area contributed by atoms with Crippen LogP contribution in [0.3, 0.4) is 0 Å². The summed E-state index contributed by atoms with van der Waals surface area (Å²) < 4.78 is 0. The van der Waals surface area contributed by atoms with Crippen LogP contribution in [-0.2, 0) is 0 Å². The van der Waals surface area contributed by atoms with Gasteiger partial charge in [-0.25, -0.2) is 4.99 Å². The zero-order chi connectivity index (χ0) is 18.7. The van der Waals surface area contributed by atoms with Crippen molar-refractivity contribution in [2.75, 3.05) is 11.4 Å². The summed E-state index contributed by atoms with van der Waals surface area (Å²) in [5.74, 6) is 0. The molecule has 0 atom stereocenters. The second-order valence-corrected chi connectivity index (χ2v) is 7.32. The van der Waals surface area contributed by atoms with Crippen LogP contribution >= 0.6 is 0 Å². The van der Waals surface area contributed by atoms with E-state index in [4.69, 9.17) is 4.99 Å². The quantitative estimate of drug-likeness (QED) is 0.357. The van der Waals surface area contributed by atoms with Gasteiger partial charge in [0.1, 0.15) is 0 Å². The van der Waals surface area contributed by atoms with Gasteiger partial charge in [0.15, 0.2) is 0 Å². The van der Waals surface area contributed by atoms with Crippen LogP contribution in [0.15, 0.2) is 41.4 Å². The van der Waals surface area contributed by atoms with E-state index in [1.165, 1.54) is 39.1 Å². The Hall–Kier alpha value is -2.35. The van der Waals surface area contributed by atoms with Crippen molar-refractivity contribution in [1.82, 2.24) is 0 Å². The van der Waals surface area contributed by atoms with Crippen molar-refractivity contribution in [2.45, 2.75) is 48.5 Å². The summed E-state index contributed by atoms with van der Waals surface area (Å²) >= 11 is 0. The predicted molar refractivity (Wildman–Crippen MR) is 112 cm³/mol. The van der Waals surface area contributed by atoms with Gasteiger partial charge >= 0.3 is 0 Å². The molecule has 0 N–H and O–H groups in total. The Morgan fingerprint density at radius 2 is 1.32 bits per heavy atom. The molecule has 0 heterocycles. The highest BCUT2D eigenvalue weighted by Gasteiger charge is 2.12. The van der Waals surface area contributed by atoms with Crippen LogP contribution in [0.4, 0.5) is 11.4 Å². The van der Waals surface area contributed by atoms with Crippen LogP contribution in [0.25, 0.3) is 0 Å². The number of anilines is 1. The molecular weight excluding hydrogens is 304 g/mol. The Bertz CT molecular complexity index is 782. The average molecular weight is 335 g/mol. The first kappa shape index (κ1) is 19.0. The first-order valence-corrected chi connectivity index (χ1v) is 8.80. The summed E-state index contributed by atoms with van der Waals surface area (Å²) in [6.07, 6.45) is 1.96. The van der Waals surface area contributed by atoms with Crippen LogP contribution in [0.2, 0.25) is 0 Å². The summed E-state index contributed by atoms with van der Waals surface area (Å²) in [5.41, 5.74) is 10.9. The van der Waals surface area contributed by atoms with E-state index in [1.54, 1.807) is 0 Å². The predicted octanol–water partition coefficient (Wildman–Crippen LogP) is 6.28. The fraction of sp³-hybridized carbons (Fsp3) is 0.348. The molecule has 0 aliphatic heterocycles. The van der Waals surface area contributed by atoms with Gasteiger partial charge in [-0.1, -0.05) is 47.5 Å². The molecule has 2 rings (SSSR count). The normalized spacial score (nSPS) is 11.2. The van der Waals surface area contributed by atoms with E-state index >= 15 is 0 Å². The third-order valence-corrected chi connectivity index (χ3v) is 4.32. The summed E-state index contributed by atoms with van der Waals surface area (Å²) in [6.45, 7) is 19.8. The number of hydrogen-bond donors (Lipinski definition) is 0. The van der Waals surface area contributed by atoms with Crippen LogP contribution < -0.4 is 4.90 Å². The molecule has 2 heteroatoms. The molecular formula is C23H30N2. The van der Waals surface area contributed by atoms with Crippen molar-refractivity contribution in [3.05, 3.63) is 69.8 Å². The molecule has 0 bridgehead atoms. The molecule has 0 spiro atoms. The fourth-order valence-electron chi connectivity index (χ4n) is 3.60. The summed E-state index contributed by atoms with van der Waals surface area (Å²) in [7, 11) is 0. The van der Waals surface area contributed by atoms with Gasteiger partial charge in [0.05, 0.1) is 12.0 Å². The van der Waals surface area contributed by atoms with Gasteiger partial charge in [0, 0.05) is 12.2 Å². The van der Waals surface area contributed by atoms with E-state index in [9.17, 15) is 0 Å². The van der Waals surface area contributed by atoms with Crippen molar-refractivity contribution in [3.8, 4) is 0 Å². The highest BCUT2D eigenvalue weighted by Crippen LogP contribution is 2.28. The van der Waals surface area contributed by atoms with Crippen molar-refractivity contribution in [1.29, 1.82) is 0 Å². The number of rotatable bonds is 5. The lowest BCUT2D eigenvalue weighted by molar-refractivity contribution is 1.06. The monoisotopic (exact) mass is 334 g/mol. The highest BCUT2D eigenvalue weighted by atomic mass is 15.2. The lowest BCUT2D eigenvalue weighted by Gasteiger charge is -2.25. The molecule has 0 unspecified atom stereocenters. The maximum Gasteiger partial charge on any atom is 0.0960 e. The largest absolute Gasteiger partial charge is 0.328 e. The molecule has 2 nitrogen and oxygen atoms in total. The number of aryl methyl sites for hydroxylation is 6. The van der Waals surface area contributed by atoms with Crippen molar-refractivity contribution in [3.63, 3.8) is 0 Å². The maximum atomic E-state index is 4.84. The third kappa shape index (κ3) is 4.60. The number of aliphatic imine (C=N–C) groups is 1. The van der Waals surface area contributed by atoms with Gasteiger partial charge in [0.2, 0.25) is 0 Å². The second kappa shape index (κ2) is 7.69. The molecule has 132 valence electrons. The first-order chi connectivity index (χ1) is 11.7.